The van der Waals surface area contributed by atoms with E-state index in [0.717, 1.165) is 12.5 Å². The molecule has 0 heterocycles. The second-order valence-corrected chi connectivity index (χ2v) is 5.86. The van der Waals surface area contributed by atoms with E-state index in [-0.39, 0.29) is 5.41 Å². The summed E-state index contributed by atoms with van der Waals surface area (Å²) in [5.41, 5.74) is -0.320. The normalized spacial score (nSPS) is 12.1. The molecule has 0 aliphatic carbocycles. The first kappa shape index (κ1) is 13.6. The summed E-state index contributed by atoms with van der Waals surface area (Å²) in [6, 6.07) is 3.27. The van der Waals surface area contributed by atoms with Crippen LogP contribution in [0.3, 0.4) is 0 Å². The summed E-state index contributed by atoms with van der Waals surface area (Å²) in [6.07, 6.45) is 1.64. The zero-order chi connectivity index (χ0) is 10.9. The van der Waals surface area contributed by atoms with Crippen LogP contribution in [0, 0.1) is 11.3 Å². The maximum atomic E-state index is 8.41. The molecule has 0 fully saturated rings. The van der Waals surface area contributed by atoms with Crippen LogP contribution in [0.4, 0.5) is 0 Å². The van der Waals surface area contributed by atoms with Gasteiger partial charge in [-0.2, -0.15) is 5.26 Å². The predicted octanol–water partition coefficient (Wildman–Crippen LogP) is 1.62. The second-order valence-electron chi connectivity index (χ2n) is 3.37. The average molecular weight is 215 g/mol. The van der Waals surface area contributed by atoms with E-state index in [0.29, 0.717) is 19.6 Å². The van der Waals surface area contributed by atoms with Gasteiger partial charge >= 0.3 is 0 Å². The lowest BCUT2D eigenvalue weighted by atomic mass is 10.4. The maximum absolute atomic E-state index is 8.41. The number of hydrogen-bond acceptors (Lipinski definition) is 3. The monoisotopic (exact) mass is 215 g/mol. The molecule has 14 heavy (non-hydrogen) atoms. The van der Waals surface area contributed by atoms with Crippen molar-refractivity contribution in [1.29, 1.82) is 5.26 Å². The Morgan fingerprint density at radius 2 is 1.86 bits per heavy atom. The van der Waals surface area contributed by atoms with Crippen LogP contribution in [0.2, 0.25) is 6.04 Å². The first-order valence-corrected chi connectivity index (χ1v) is 7.04. The quantitative estimate of drug-likeness (QED) is 0.351. The van der Waals surface area contributed by atoms with Crippen molar-refractivity contribution in [2.24, 2.45) is 0 Å². The van der Waals surface area contributed by atoms with Crippen LogP contribution in [0.15, 0.2) is 0 Å². The lowest BCUT2D eigenvalue weighted by molar-refractivity contribution is -0.163. The minimum absolute atomic E-state index is 0.320. The Hall–Kier alpha value is -0.373. The molecule has 0 aliphatic rings. The van der Waals surface area contributed by atoms with Gasteiger partial charge in [0.05, 0.1) is 15.6 Å². The Morgan fingerprint density at radius 1 is 1.29 bits per heavy atom. The number of nitrogens with zero attached hydrogens (tertiary/aromatic N) is 1. The van der Waals surface area contributed by atoms with Crippen molar-refractivity contribution >= 4 is 9.52 Å². The smallest absolute Gasteiger partial charge is 0.142 e. The molecule has 0 aliphatic heterocycles. The lowest BCUT2D eigenvalue weighted by Crippen LogP contribution is -2.39. The van der Waals surface area contributed by atoms with Crippen molar-refractivity contribution in [3.63, 3.8) is 0 Å². The van der Waals surface area contributed by atoms with Gasteiger partial charge in [0.25, 0.3) is 0 Å². The minimum atomic E-state index is -0.409. The first-order valence-electron chi connectivity index (χ1n) is 5.33. The molecule has 0 saturated heterocycles. The molecule has 0 saturated carbocycles. The van der Waals surface area contributed by atoms with E-state index in [1.807, 2.05) is 20.8 Å². The predicted molar refractivity (Wildman–Crippen MR) is 59.9 cm³/mol. The fraction of sp³-hybridized carbons (Fsp3) is 0.900. The highest BCUT2D eigenvalue weighted by molar-refractivity contribution is 6.38. The molecule has 0 radical (unpaired) electrons. The van der Waals surface area contributed by atoms with E-state index in [4.69, 9.17) is 14.7 Å². The molecular weight excluding hydrogens is 194 g/mol. The third-order valence-corrected chi connectivity index (χ3v) is 4.24. The third-order valence-electron chi connectivity index (χ3n) is 2.07. The molecule has 4 heteroatoms. The van der Waals surface area contributed by atoms with Crippen molar-refractivity contribution < 1.29 is 9.47 Å². The van der Waals surface area contributed by atoms with Gasteiger partial charge in [-0.1, -0.05) is 6.04 Å². The molecule has 0 unspecified atom stereocenters. The summed E-state index contributed by atoms with van der Waals surface area (Å²) in [6.45, 7) is 7.39. The van der Waals surface area contributed by atoms with Crippen LogP contribution in [0.1, 0.15) is 33.6 Å². The topological polar surface area (TPSA) is 42.2 Å². The number of rotatable bonds is 8. The zero-order valence-corrected chi connectivity index (χ0v) is 10.9. The fourth-order valence-corrected chi connectivity index (χ4v) is 3.29. The van der Waals surface area contributed by atoms with E-state index >= 15 is 0 Å². The van der Waals surface area contributed by atoms with Gasteiger partial charge in [0.15, 0.2) is 0 Å². The molecule has 3 nitrogen and oxygen atoms in total. The number of unbranched alkanes of at least 4 members (excludes halogenated alkanes) is 1. The SMILES string of the molecule is CCOC(C)(OCC)[SiH2]CCCC#N. The third kappa shape index (κ3) is 6.14. The summed E-state index contributed by atoms with van der Waals surface area (Å²) in [4.78, 5) is 0. The number of ether oxygens (including phenoxy) is 2. The Balaban J connectivity index is 3.78. The summed E-state index contributed by atoms with van der Waals surface area (Å²) in [5.74, 6) is 0. The fourth-order valence-electron chi connectivity index (χ4n) is 1.45. The van der Waals surface area contributed by atoms with Crippen LogP contribution in [0.25, 0.3) is 0 Å². The molecule has 0 aromatic rings. The molecule has 0 bridgehead atoms. The van der Waals surface area contributed by atoms with Crippen molar-refractivity contribution in [2.75, 3.05) is 13.2 Å². The number of hydrogen-bond donors (Lipinski definition) is 0. The Morgan fingerprint density at radius 3 is 2.29 bits per heavy atom. The minimum Gasteiger partial charge on any atom is -0.355 e. The lowest BCUT2D eigenvalue weighted by Gasteiger charge is -2.29. The second kappa shape index (κ2) is 7.98. The van der Waals surface area contributed by atoms with Crippen molar-refractivity contribution in [2.45, 2.75) is 45.1 Å². The standard InChI is InChI=1S/C10H21NO2Si/c1-4-12-10(3,13-5-2)14-9-7-6-8-11/h4-7,9,14H2,1-3H3. The van der Waals surface area contributed by atoms with Gasteiger partial charge in [-0.25, -0.2) is 0 Å². The van der Waals surface area contributed by atoms with E-state index in [9.17, 15) is 0 Å². The van der Waals surface area contributed by atoms with Crippen LogP contribution in [0.5, 0.6) is 0 Å². The summed E-state index contributed by atoms with van der Waals surface area (Å²) >= 11 is 0. The van der Waals surface area contributed by atoms with Crippen LogP contribution < -0.4 is 0 Å². The molecular formula is C10H21NO2Si. The molecule has 82 valence electrons. The van der Waals surface area contributed by atoms with E-state index in [1.54, 1.807) is 0 Å². The van der Waals surface area contributed by atoms with Crippen LogP contribution >= 0.6 is 0 Å². The van der Waals surface area contributed by atoms with Gasteiger partial charge < -0.3 is 9.47 Å². The van der Waals surface area contributed by atoms with Gasteiger partial charge in [0.2, 0.25) is 0 Å². The van der Waals surface area contributed by atoms with E-state index in [2.05, 4.69) is 6.07 Å². The maximum Gasteiger partial charge on any atom is 0.142 e. The van der Waals surface area contributed by atoms with Crippen molar-refractivity contribution in [1.82, 2.24) is 0 Å². The molecule has 0 aromatic heterocycles. The highest BCUT2D eigenvalue weighted by atomic mass is 28.2. The summed E-state index contributed by atoms with van der Waals surface area (Å²) < 4.78 is 11.2. The molecule has 0 spiro atoms. The summed E-state index contributed by atoms with van der Waals surface area (Å²) in [5, 5.41) is 8.41. The molecule has 0 aromatic carbocycles. The van der Waals surface area contributed by atoms with E-state index < -0.39 is 9.52 Å². The summed E-state index contributed by atoms with van der Waals surface area (Å²) in [7, 11) is -0.409. The Kier molecular flexibility index (Phi) is 7.77. The molecule has 0 atom stereocenters. The first-order chi connectivity index (χ1) is 6.68. The molecule has 0 rings (SSSR count). The number of nitriles is 1. The molecule has 0 N–H and O–H groups in total. The van der Waals surface area contributed by atoms with E-state index in [1.165, 1.54) is 0 Å². The van der Waals surface area contributed by atoms with Crippen LogP contribution in [-0.4, -0.2) is 28.1 Å². The average Bonchev–Trinajstić information content (AvgIpc) is 2.13. The van der Waals surface area contributed by atoms with Gasteiger partial charge in [0.1, 0.15) is 5.41 Å². The Bertz CT molecular complexity index is 173. The molecule has 0 amide bonds. The van der Waals surface area contributed by atoms with Gasteiger partial charge in [-0.15, -0.1) is 0 Å². The highest BCUT2D eigenvalue weighted by Gasteiger charge is 2.24. The van der Waals surface area contributed by atoms with Gasteiger partial charge in [-0.05, 0) is 27.2 Å². The van der Waals surface area contributed by atoms with Crippen molar-refractivity contribution in [3.05, 3.63) is 0 Å². The van der Waals surface area contributed by atoms with Gasteiger partial charge in [-0.3, -0.25) is 0 Å². The highest BCUT2D eigenvalue weighted by Crippen LogP contribution is 2.13. The van der Waals surface area contributed by atoms with Crippen molar-refractivity contribution in [3.8, 4) is 6.07 Å². The zero-order valence-electron chi connectivity index (χ0n) is 9.51. The largest absolute Gasteiger partial charge is 0.355 e. The Labute approximate surface area is 89.2 Å². The van der Waals surface area contributed by atoms with Crippen LogP contribution in [-0.2, 0) is 9.47 Å². The van der Waals surface area contributed by atoms with Gasteiger partial charge in [0, 0.05) is 19.6 Å².